The van der Waals surface area contributed by atoms with Crippen molar-refractivity contribution in [1.29, 1.82) is 0 Å². The first kappa shape index (κ1) is 28.9. The number of fused-ring (bicyclic) bond motifs is 9. The molecule has 2 heterocycles. The van der Waals surface area contributed by atoms with E-state index in [1.165, 1.54) is 33.0 Å². The van der Waals surface area contributed by atoms with E-state index in [4.69, 9.17) is 8.83 Å². The second kappa shape index (κ2) is 11.3. The lowest BCUT2D eigenvalue weighted by Gasteiger charge is -2.19. The molecule has 0 aliphatic carbocycles. The summed E-state index contributed by atoms with van der Waals surface area (Å²) >= 11 is 0. The van der Waals surface area contributed by atoms with Gasteiger partial charge in [0.1, 0.15) is 22.3 Å². The van der Waals surface area contributed by atoms with Crippen LogP contribution >= 0.6 is 0 Å². The van der Waals surface area contributed by atoms with Crippen LogP contribution in [-0.2, 0) is 0 Å². The topological polar surface area (TPSA) is 26.3 Å². The number of hydrogen-bond donors (Lipinski definition) is 0. The second-order valence-electron chi connectivity index (χ2n) is 13.6. The van der Waals surface area contributed by atoms with Gasteiger partial charge in [0.2, 0.25) is 0 Å². The van der Waals surface area contributed by atoms with Crippen molar-refractivity contribution in [3.63, 3.8) is 0 Å². The molecule has 0 saturated carbocycles. The molecule has 2 heteroatoms. The van der Waals surface area contributed by atoms with Crippen LogP contribution in [0.3, 0.4) is 0 Å². The highest BCUT2D eigenvalue weighted by molar-refractivity contribution is 6.29. The Balaban J connectivity index is 1.30. The van der Waals surface area contributed by atoms with Crippen LogP contribution in [0.1, 0.15) is 0 Å². The van der Waals surface area contributed by atoms with Gasteiger partial charge in [0.05, 0.1) is 0 Å². The first-order chi connectivity index (χ1) is 25.8. The minimum absolute atomic E-state index is 0.893. The fourth-order valence-corrected chi connectivity index (χ4v) is 8.34. The van der Waals surface area contributed by atoms with Gasteiger partial charge in [-0.2, -0.15) is 0 Å². The summed E-state index contributed by atoms with van der Waals surface area (Å²) < 4.78 is 13.4. The highest BCUT2D eigenvalue weighted by atomic mass is 16.3. The summed E-state index contributed by atoms with van der Waals surface area (Å²) in [5.74, 6) is 0. The van der Waals surface area contributed by atoms with Gasteiger partial charge in [0.15, 0.2) is 0 Å². The van der Waals surface area contributed by atoms with E-state index in [1.54, 1.807) is 0 Å². The molecule has 52 heavy (non-hydrogen) atoms. The fraction of sp³-hybridized carbons (Fsp3) is 0. The normalized spacial score (nSPS) is 11.8. The predicted molar refractivity (Wildman–Crippen MR) is 218 cm³/mol. The number of rotatable bonds is 4. The first-order valence-electron chi connectivity index (χ1n) is 17.8. The van der Waals surface area contributed by atoms with Gasteiger partial charge in [-0.3, -0.25) is 0 Å². The highest BCUT2D eigenvalue weighted by Crippen LogP contribution is 2.49. The van der Waals surface area contributed by atoms with Crippen LogP contribution in [0.15, 0.2) is 191 Å². The van der Waals surface area contributed by atoms with Gasteiger partial charge in [-0.1, -0.05) is 152 Å². The zero-order valence-corrected chi connectivity index (χ0v) is 28.1. The molecule has 0 aliphatic rings. The van der Waals surface area contributed by atoms with Crippen LogP contribution in [0.4, 0.5) is 0 Å². The summed E-state index contributed by atoms with van der Waals surface area (Å²) in [5, 5.41) is 9.13. The zero-order chi connectivity index (χ0) is 34.2. The van der Waals surface area contributed by atoms with Crippen molar-refractivity contribution in [3.8, 4) is 44.5 Å². The molecule has 0 fully saturated rings. The van der Waals surface area contributed by atoms with Gasteiger partial charge < -0.3 is 8.83 Å². The molecule has 0 aliphatic heterocycles. The lowest BCUT2D eigenvalue weighted by atomic mass is 9.83. The minimum Gasteiger partial charge on any atom is -0.455 e. The Labute approximate surface area is 299 Å². The minimum atomic E-state index is 0.893. The molecule has 0 bridgehead atoms. The molecule has 2 aromatic heterocycles. The molecule has 9 aromatic carbocycles. The summed E-state index contributed by atoms with van der Waals surface area (Å²) in [6, 6.07) is 65.0. The quantitative estimate of drug-likeness (QED) is 0.175. The van der Waals surface area contributed by atoms with E-state index in [0.29, 0.717) is 0 Å². The van der Waals surface area contributed by atoms with Gasteiger partial charge in [0.25, 0.3) is 0 Å². The fourth-order valence-electron chi connectivity index (χ4n) is 8.34. The van der Waals surface area contributed by atoms with Crippen LogP contribution in [-0.4, -0.2) is 0 Å². The lowest BCUT2D eigenvalue weighted by molar-refractivity contribution is 0.670. The molecule has 0 saturated heterocycles. The molecule has 0 N–H and O–H groups in total. The molecular weight excluding hydrogens is 633 g/mol. The largest absolute Gasteiger partial charge is 0.455 e. The molecular formula is C50H30O2. The van der Waals surface area contributed by atoms with Gasteiger partial charge in [-0.15, -0.1) is 0 Å². The van der Waals surface area contributed by atoms with Crippen LogP contribution < -0.4 is 0 Å². The van der Waals surface area contributed by atoms with E-state index in [-0.39, 0.29) is 0 Å². The smallest absolute Gasteiger partial charge is 0.143 e. The van der Waals surface area contributed by atoms with Crippen molar-refractivity contribution in [2.24, 2.45) is 0 Å². The average molecular weight is 663 g/mol. The van der Waals surface area contributed by atoms with Crippen molar-refractivity contribution < 1.29 is 8.83 Å². The average Bonchev–Trinajstić information content (AvgIpc) is 3.79. The lowest BCUT2D eigenvalue weighted by Crippen LogP contribution is -1.93. The third kappa shape index (κ3) is 4.31. The Morgan fingerprint density at radius 1 is 0.269 bits per heavy atom. The molecule has 2 nitrogen and oxygen atoms in total. The van der Waals surface area contributed by atoms with Crippen molar-refractivity contribution in [2.75, 3.05) is 0 Å². The molecule has 0 amide bonds. The van der Waals surface area contributed by atoms with Crippen LogP contribution in [0, 0.1) is 0 Å². The summed E-state index contributed by atoms with van der Waals surface area (Å²) in [7, 11) is 0. The SMILES string of the molecule is c1ccc(-c2cccc(-c3c4ccc(-c5cccc6c5oc5ccccc56)cc4c(-c4ccccc4)c4ccc5c6ccccc6oc5c34)c2)cc1. The van der Waals surface area contributed by atoms with Crippen molar-refractivity contribution in [3.05, 3.63) is 182 Å². The van der Waals surface area contributed by atoms with Crippen molar-refractivity contribution in [1.82, 2.24) is 0 Å². The summed E-state index contributed by atoms with van der Waals surface area (Å²) in [6.07, 6.45) is 0. The van der Waals surface area contributed by atoms with Crippen LogP contribution in [0.2, 0.25) is 0 Å². The maximum atomic E-state index is 6.84. The first-order valence-corrected chi connectivity index (χ1v) is 17.8. The Morgan fingerprint density at radius 3 is 1.60 bits per heavy atom. The zero-order valence-electron chi connectivity index (χ0n) is 28.1. The summed E-state index contributed by atoms with van der Waals surface area (Å²) in [5.41, 5.74) is 12.8. The summed E-state index contributed by atoms with van der Waals surface area (Å²) in [6.45, 7) is 0. The Bertz CT molecular complexity index is 3160. The van der Waals surface area contributed by atoms with E-state index in [1.807, 2.05) is 18.2 Å². The van der Waals surface area contributed by atoms with Gasteiger partial charge in [-0.25, -0.2) is 0 Å². The molecule has 242 valence electrons. The van der Waals surface area contributed by atoms with Gasteiger partial charge in [0, 0.05) is 38.1 Å². The molecule has 0 radical (unpaired) electrons. The van der Waals surface area contributed by atoms with E-state index < -0.39 is 0 Å². The Hall–Kier alpha value is -6.90. The number of para-hydroxylation sites is 3. The van der Waals surface area contributed by atoms with E-state index in [0.717, 1.165) is 76.9 Å². The van der Waals surface area contributed by atoms with Crippen molar-refractivity contribution >= 4 is 65.4 Å². The Morgan fingerprint density at radius 2 is 0.827 bits per heavy atom. The van der Waals surface area contributed by atoms with E-state index >= 15 is 0 Å². The molecule has 11 aromatic rings. The van der Waals surface area contributed by atoms with E-state index in [2.05, 4.69) is 164 Å². The third-order valence-corrected chi connectivity index (χ3v) is 10.7. The summed E-state index contributed by atoms with van der Waals surface area (Å²) in [4.78, 5) is 0. The van der Waals surface area contributed by atoms with Crippen molar-refractivity contribution in [2.45, 2.75) is 0 Å². The monoisotopic (exact) mass is 662 g/mol. The van der Waals surface area contributed by atoms with Gasteiger partial charge >= 0.3 is 0 Å². The highest BCUT2D eigenvalue weighted by Gasteiger charge is 2.23. The number of benzene rings is 9. The standard InChI is InChI=1S/C50H30O2/c1-3-13-31(14-4-1)33-17-11-18-35(29-33)47-39-26-25-34(36-21-12-22-40-37-19-7-9-23-44(37)51-49(36)40)30-43(39)46(32-15-5-2-6-16-32)42-28-27-41-38-20-8-10-24-45(38)52-50(41)48(42)47/h1-30H. The van der Waals surface area contributed by atoms with E-state index in [9.17, 15) is 0 Å². The molecule has 0 unspecified atom stereocenters. The van der Waals surface area contributed by atoms with Crippen LogP contribution in [0.5, 0.6) is 0 Å². The molecule has 11 rings (SSSR count). The van der Waals surface area contributed by atoms with Crippen LogP contribution in [0.25, 0.3) is 110 Å². The maximum Gasteiger partial charge on any atom is 0.143 e. The second-order valence-corrected chi connectivity index (χ2v) is 13.6. The Kier molecular flexibility index (Phi) is 6.28. The predicted octanol–water partition coefficient (Wildman–Crippen LogP) is 14.5. The number of furan rings is 2. The number of hydrogen-bond acceptors (Lipinski definition) is 2. The third-order valence-electron chi connectivity index (χ3n) is 10.7. The molecule has 0 spiro atoms. The maximum absolute atomic E-state index is 6.84. The molecule has 0 atom stereocenters. The van der Waals surface area contributed by atoms with Gasteiger partial charge in [-0.05, 0) is 79.9 Å².